The Morgan fingerprint density at radius 3 is 1.79 bits per heavy atom. The fourth-order valence-electron chi connectivity index (χ4n) is 3.11. The highest BCUT2D eigenvalue weighted by molar-refractivity contribution is 6.78. The van der Waals surface area contributed by atoms with E-state index in [0.717, 1.165) is 0 Å². The highest BCUT2D eigenvalue weighted by atomic mass is 28.3. The summed E-state index contributed by atoms with van der Waals surface area (Å²) in [5.41, 5.74) is 0. The Morgan fingerprint density at radius 1 is 0.842 bits per heavy atom. The molecule has 1 fully saturated rings. The second-order valence-corrected chi connectivity index (χ2v) is 12.1. The first-order valence-corrected chi connectivity index (χ1v) is 11.9. The van der Waals surface area contributed by atoms with Crippen molar-refractivity contribution in [1.29, 1.82) is 0 Å². The normalized spacial score (nSPS) is 21.4. The molecule has 112 valence electrons. The maximum absolute atomic E-state index is 2.79. The molecule has 0 amide bonds. The summed E-state index contributed by atoms with van der Waals surface area (Å²) in [5, 5.41) is 0. The fourth-order valence-corrected chi connectivity index (χ4v) is 5.64. The van der Waals surface area contributed by atoms with Crippen molar-refractivity contribution in [1.82, 2.24) is 4.90 Å². The summed E-state index contributed by atoms with van der Waals surface area (Å²) in [6, 6.07) is 1.35. The van der Waals surface area contributed by atoms with Crippen molar-refractivity contribution in [3.05, 3.63) is 12.2 Å². The number of rotatable bonds is 4. The van der Waals surface area contributed by atoms with Gasteiger partial charge in [0.1, 0.15) is 0 Å². The maximum Gasteiger partial charge on any atom is 0.0666 e. The van der Waals surface area contributed by atoms with Crippen LogP contribution in [0.4, 0.5) is 0 Å². The molecular weight excluding hydrogens is 246 g/mol. The fraction of sp³-hybridized carbons (Fsp3) is 0.882. The summed E-state index contributed by atoms with van der Waals surface area (Å²) in [5.74, 6) is 0. The average Bonchev–Trinajstić information content (AvgIpc) is 2.42. The predicted octanol–water partition coefficient (Wildman–Crippen LogP) is 5.25. The molecule has 1 saturated heterocycles. The van der Waals surface area contributed by atoms with Gasteiger partial charge in [0.05, 0.1) is 8.07 Å². The molecule has 2 heteroatoms. The predicted molar refractivity (Wildman–Crippen MR) is 90.5 cm³/mol. The van der Waals surface area contributed by atoms with E-state index in [4.69, 9.17) is 0 Å². The minimum atomic E-state index is -1.05. The molecular formula is C17H35NSi. The topological polar surface area (TPSA) is 3.24 Å². The molecule has 0 saturated carbocycles. The second-order valence-electron chi connectivity index (χ2n) is 7.04. The van der Waals surface area contributed by atoms with Gasteiger partial charge in [-0.2, -0.15) is 0 Å². The van der Waals surface area contributed by atoms with Crippen molar-refractivity contribution in [3.63, 3.8) is 0 Å². The molecule has 0 atom stereocenters. The van der Waals surface area contributed by atoms with E-state index in [1.165, 1.54) is 76.7 Å². The standard InChI is InChI=1S/C17H35NSi/c1-4-5-16-19(2,3)17-18-14-12-10-8-6-7-9-11-13-15-18/h4-5H,6-17H2,1-3H3. The zero-order valence-electron chi connectivity index (χ0n) is 13.6. The molecule has 1 nitrogen and oxygen atoms in total. The van der Waals surface area contributed by atoms with Gasteiger partial charge in [-0.1, -0.05) is 63.8 Å². The third-order valence-electron chi connectivity index (χ3n) is 4.26. The molecule has 0 aliphatic carbocycles. The zero-order chi connectivity index (χ0) is 14.0. The Morgan fingerprint density at radius 2 is 1.32 bits per heavy atom. The SMILES string of the molecule is CC=CC[Si](C)(C)CN1CCCCCCCCCC1. The summed E-state index contributed by atoms with van der Waals surface area (Å²) >= 11 is 0. The minimum absolute atomic E-state index is 1.05. The minimum Gasteiger partial charge on any atom is -0.306 e. The van der Waals surface area contributed by atoms with Crippen LogP contribution in [-0.4, -0.2) is 32.2 Å². The van der Waals surface area contributed by atoms with E-state index in [2.05, 4.69) is 37.1 Å². The third-order valence-corrected chi connectivity index (χ3v) is 6.90. The van der Waals surface area contributed by atoms with Gasteiger partial charge in [-0.05, 0) is 45.1 Å². The smallest absolute Gasteiger partial charge is 0.0666 e. The first-order valence-electron chi connectivity index (χ1n) is 8.47. The first-order chi connectivity index (χ1) is 9.14. The van der Waals surface area contributed by atoms with E-state index in [-0.39, 0.29) is 0 Å². The van der Waals surface area contributed by atoms with Crippen molar-refractivity contribution in [3.8, 4) is 0 Å². The van der Waals surface area contributed by atoms with Gasteiger partial charge >= 0.3 is 0 Å². The van der Waals surface area contributed by atoms with Crippen LogP contribution in [0, 0.1) is 0 Å². The Bertz CT molecular complexity index is 236. The van der Waals surface area contributed by atoms with Crippen LogP contribution in [0.15, 0.2) is 12.2 Å². The van der Waals surface area contributed by atoms with E-state index in [0.29, 0.717) is 0 Å². The quantitative estimate of drug-likeness (QED) is 0.503. The lowest BCUT2D eigenvalue weighted by Crippen LogP contribution is -2.43. The summed E-state index contributed by atoms with van der Waals surface area (Å²) in [6.07, 6.45) is 17.6. The van der Waals surface area contributed by atoms with Crippen LogP contribution >= 0.6 is 0 Å². The summed E-state index contributed by atoms with van der Waals surface area (Å²) < 4.78 is 0. The van der Waals surface area contributed by atoms with Gasteiger partial charge in [0.15, 0.2) is 0 Å². The number of hydrogen-bond donors (Lipinski definition) is 0. The lowest BCUT2D eigenvalue weighted by Gasteiger charge is -2.31. The Kier molecular flexibility index (Phi) is 8.72. The van der Waals surface area contributed by atoms with Crippen LogP contribution in [0.25, 0.3) is 0 Å². The van der Waals surface area contributed by atoms with Crippen molar-refractivity contribution >= 4 is 8.07 Å². The van der Waals surface area contributed by atoms with Gasteiger partial charge in [0.25, 0.3) is 0 Å². The van der Waals surface area contributed by atoms with Crippen molar-refractivity contribution in [2.75, 3.05) is 19.3 Å². The monoisotopic (exact) mass is 281 g/mol. The van der Waals surface area contributed by atoms with Crippen molar-refractivity contribution in [2.45, 2.75) is 77.4 Å². The molecule has 1 aliphatic heterocycles. The summed E-state index contributed by atoms with van der Waals surface area (Å²) in [7, 11) is -1.05. The van der Waals surface area contributed by atoms with Crippen molar-refractivity contribution in [2.24, 2.45) is 0 Å². The summed E-state index contributed by atoms with van der Waals surface area (Å²) in [6.45, 7) is 9.96. The molecule has 0 N–H and O–H groups in total. The highest BCUT2D eigenvalue weighted by Crippen LogP contribution is 2.16. The molecule has 0 spiro atoms. The molecule has 0 bridgehead atoms. The average molecular weight is 282 g/mol. The lowest BCUT2D eigenvalue weighted by atomic mass is 10.1. The number of hydrogen-bond acceptors (Lipinski definition) is 1. The molecule has 19 heavy (non-hydrogen) atoms. The molecule has 0 radical (unpaired) electrons. The van der Waals surface area contributed by atoms with Crippen LogP contribution in [0.1, 0.15) is 58.3 Å². The van der Waals surface area contributed by atoms with Crippen LogP contribution in [0.5, 0.6) is 0 Å². The van der Waals surface area contributed by atoms with Gasteiger partial charge in [0, 0.05) is 0 Å². The maximum atomic E-state index is 2.79. The third kappa shape index (κ3) is 8.64. The van der Waals surface area contributed by atoms with Crippen LogP contribution in [0.2, 0.25) is 19.1 Å². The van der Waals surface area contributed by atoms with E-state index in [9.17, 15) is 0 Å². The molecule has 0 aromatic rings. The highest BCUT2D eigenvalue weighted by Gasteiger charge is 2.22. The lowest BCUT2D eigenvalue weighted by molar-refractivity contribution is 0.298. The Labute approximate surface area is 122 Å². The first kappa shape index (κ1) is 17.0. The largest absolute Gasteiger partial charge is 0.306 e. The molecule has 1 rings (SSSR count). The van der Waals surface area contributed by atoms with Gasteiger partial charge < -0.3 is 4.90 Å². The second kappa shape index (κ2) is 9.76. The molecule has 0 aromatic heterocycles. The molecule has 1 aliphatic rings. The Balaban J connectivity index is 2.41. The number of nitrogens with zero attached hydrogens (tertiary/aromatic N) is 1. The van der Waals surface area contributed by atoms with Crippen LogP contribution in [-0.2, 0) is 0 Å². The number of allylic oxidation sites excluding steroid dienone is 2. The van der Waals surface area contributed by atoms with Gasteiger partial charge in [-0.15, -0.1) is 0 Å². The van der Waals surface area contributed by atoms with E-state index in [1.54, 1.807) is 0 Å². The van der Waals surface area contributed by atoms with Gasteiger partial charge in [-0.3, -0.25) is 0 Å². The van der Waals surface area contributed by atoms with Crippen LogP contribution in [0.3, 0.4) is 0 Å². The van der Waals surface area contributed by atoms with Crippen LogP contribution < -0.4 is 0 Å². The van der Waals surface area contributed by atoms with E-state index < -0.39 is 8.07 Å². The Hall–Kier alpha value is -0.0831. The van der Waals surface area contributed by atoms with Gasteiger partial charge in [-0.25, -0.2) is 0 Å². The summed E-state index contributed by atoms with van der Waals surface area (Å²) in [4.78, 5) is 2.79. The molecule has 0 unspecified atom stereocenters. The molecule has 1 heterocycles. The van der Waals surface area contributed by atoms with E-state index >= 15 is 0 Å². The molecule has 0 aromatic carbocycles. The van der Waals surface area contributed by atoms with E-state index in [1.807, 2.05) is 0 Å². The zero-order valence-corrected chi connectivity index (χ0v) is 14.6. The van der Waals surface area contributed by atoms with Crippen molar-refractivity contribution < 1.29 is 0 Å². The van der Waals surface area contributed by atoms with Gasteiger partial charge in [0.2, 0.25) is 0 Å².